The molecule has 1 amide bonds. The quantitative estimate of drug-likeness (QED) is 0.870. The van der Waals surface area contributed by atoms with Gasteiger partial charge in [0.1, 0.15) is 5.00 Å². The molecule has 0 fully saturated rings. The second-order valence-electron chi connectivity index (χ2n) is 4.89. The highest BCUT2D eigenvalue weighted by Gasteiger charge is 2.29. The van der Waals surface area contributed by atoms with E-state index >= 15 is 0 Å². The molecule has 110 valence electrons. The van der Waals surface area contributed by atoms with Crippen LogP contribution in [0.3, 0.4) is 0 Å². The topological polar surface area (TPSA) is 64.6 Å². The number of rotatable bonds is 3. The van der Waals surface area contributed by atoms with E-state index < -0.39 is 6.09 Å². The number of hydrogen-bond acceptors (Lipinski definition) is 5. The van der Waals surface area contributed by atoms with Gasteiger partial charge in [0.05, 0.1) is 19.3 Å². The zero-order chi connectivity index (χ0) is 14.7. The van der Waals surface area contributed by atoms with Crippen LogP contribution >= 0.6 is 11.3 Å². The Bertz CT molecular complexity index is 523. The predicted molar refractivity (Wildman–Crippen MR) is 77.5 cm³/mol. The molecule has 6 heteroatoms. The van der Waals surface area contributed by atoms with Crippen LogP contribution in [-0.4, -0.2) is 25.8 Å². The van der Waals surface area contributed by atoms with Crippen LogP contribution in [0.25, 0.3) is 0 Å². The van der Waals surface area contributed by atoms with E-state index in [2.05, 4.69) is 17.0 Å². The summed E-state index contributed by atoms with van der Waals surface area (Å²) in [5.41, 5.74) is 1.53. The van der Waals surface area contributed by atoms with Crippen LogP contribution in [0.2, 0.25) is 0 Å². The van der Waals surface area contributed by atoms with E-state index in [1.807, 2.05) is 0 Å². The van der Waals surface area contributed by atoms with Crippen LogP contribution in [0.1, 0.15) is 41.1 Å². The number of nitrogens with one attached hydrogen (secondary N) is 1. The zero-order valence-electron chi connectivity index (χ0n) is 11.9. The van der Waals surface area contributed by atoms with E-state index in [1.165, 1.54) is 23.3 Å². The summed E-state index contributed by atoms with van der Waals surface area (Å²) in [6.07, 6.45) is 2.27. The molecule has 0 spiro atoms. The molecular weight excluding hydrogens is 278 g/mol. The first-order valence-electron chi connectivity index (χ1n) is 6.73. The number of carbonyl (C=O) groups is 2. The average Bonchev–Trinajstić information content (AvgIpc) is 2.75. The molecule has 0 saturated heterocycles. The van der Waals surface area contributed by atoms with E-state index in [0.29, 0.717) is 23.1 Å². The van der Waals surface area contributed by atoms with Crippen molar-refractivity contribution in [1.29, 1.82) is 0 Å². The number of carbonyl (C=O) groups excluding carboxylic acids is 2. The Morgan fingerprint density at radius 3 is 2.85 bits per heavy atom. The maximum Gasteiger partial charge on any atom is 0.411 e. The summed E-state index contributed by atoms with van der Waals surface area (Å²) in [5, 5.41) is 3.16. The maximum absolute atomic E-state index is 12.1. The highest BCUT2D eigenvalue weighted by molar-refractivity contribution is 7.17. The molecule has 0 bridgehead atoms. The third-order valence-electron chi connectivity index (χ3n) is 3.39. The number of fused-ring (bicyclic) bond motifs is 1. The largest absolute Gasteiger partial charge is 0.462 e. The van der Waals surface area contributed by atoms with E-state index in [9.17, 15) is 9.59 Å². The van der Waals surface area contributed by atoms with Gasteiger partial charge >= 0.3 is 12.1 Å². The smallest absolute Gasteiger partial charge is 0.411 e. The van der Waals surface area contributed by atoms with Crippen molar-refractivity contribution in [3.63, 3.8) is 0 Å². The molecule has 1 aromatic heterocycles. The first-order valence-corrected chi connectivity index (χ1v) is 7.55. The lowest BCUT2D eigenvalue weighted by atomic mass is 9.88. The van der Waals surface area contributed by atoms with Crippen molar-refractivity contribution >= 4 is 28.4 Å². The summed E-state index contributed by atoms with van der Waals surface area (Å²) < 4.78 is 9.72. The van der Waals surface area contributed by atoms with Crippen LogP contribution in [0, 0.1) is 5.92 Å². The average molecular weight is 297 g/mol. The Morgan fingerprint density at radius 2 is 2.20 bits per heavy atom. The lowest BCUT2D eigenvalue weighted by molar-refractivity contribution is 0.0526. The molecule has 5 nitrogen and oxygen atoms in total. The van der Waals surface area contributed by atoms with Gasteiger partial charge in [-0.05, 0) is 37.7 Å². The van der Waals surface area contributed by atoms with Gasteiger partial charge in [-0.25, -0.2) is 9.59 Å². The van der Waals surface area contributed by atoms with Crippen molar-refractivity contribution < 1.29 is 19.1 Å². The zero-order valence-corrected chi connectivity index (χ0v) is 12.8. The summed E-state index contributed by atoms with van der Waals surface area (Å²) >= 11 is 1.45. The van der Waals surface area contributed by atoms with E-state index in [-0.39, 0.29) is 5.97 Å². The molecule has 0 saturated carbocycles. The normalized spacial score (nSPS) is 17.2. The van der Waals surface area contributed by atoms with Gasteiger partial charge < -0.3 is 9.47 Å². The summed E-state index contributed by atoms with van der Waals surface area (Å²) in [6, 6.07) is 0. The number of thiophene rings is 1. The Hall–Kier alpha value is -1.56. The van der Waals surface area contributed by atoms with Gasteiger partial charge in [-0.2, -0.15) is 0 Å². The van der Waals surface area contributed by atoms with Gasteiger partial charge in [0, 0.05) is 4.88 Å². The number of methoxy groups -OCH3 is 1. The lowest BCUT2D eigenvalue weighted by Crippen LogP contribution is -2.16. The first-order chi connectivity index (χ1) is 9.56. The molecule has 0 aromatic carbocycles. The predicted octanol–water partition coefficient (Wildman–Crippen LogP) is 3.23. The van der Waals surface area contributed by atoms with Gasteiger partial charge in [-0.1, -0.05) is 6.92 Å². The van der Waals surface area contributed by atoms with Crippen LogP contribution < -0.4 is 5.32 Å². The van der Waals surface area contributed by atoms with Crippen molar-refractivity contribution in [1.82, 2.24) is 0 Å². The number of ether oxygens (including phenoxy) is 2. The molecule has 2 rings (SSSR count). The molecule has 0 radical (unpaired) electrons. The van der Waals surface area contributed by atoms with Gasteiger partial charge in [0.25, 0.3) is 0 Å². The fraction of sp³-hybridized carbons (Fsp3) is 0.571. The van der Waals surface area contributed by atoms with Crippen molar-refractivity contribution in [3.05, 3.63) is 16.0 Å². The van der Waals surface area contributed by atoms with Crippen molar-refractivity contribution in [2.45, 2.75) is 33.1 Å². The van der Waals surface area contributed by atoms with Gasteiger partial charge in [-0.15, -0.1) is 11.3 Å². The third kappa shape index (κ3) is 2.95. The molecule has 1 aliphatic rings. The molecule has 1 N–H and O–H groups in total. The Labute approximate surface area is 122 Å². The molecule has 1 aromatic rings. The van der Waals surface area contributed by atoms with Crippen LogP contribution in [0.15, 0.2) is 0 Å². The maximum atomic E-state index is 12.1. The monoisotopic (exact) mass is 297 g/mol. The van der Waals surface area contributed by atoms with Gasteiger partial charge in [0.15, 0.2) is 0 Å². The SMILES string of the molecule is CCOC(=O)c1c(NC(=O)OC)sc2c1CCC(C)C2. The molecule has 1 heterocycles. The molecular formula is C14H19NO4S. The Kier molecular flexibility index (Phi) is 4.65. The second kappa shape index (κ2) is 6.26. The van der Waals surface area contributed by atoms with Crippen molar-refractivity contribution in [2.24, 2.45) is 5.92 Å². The van der Waals surface area contributed by atoms with Crippen LogP contribution in [0.5, 0.6) is 0 Å². The highest BCUT2D eigenvalue weighted by Crippen LogP contribution is 2.40. The van der Waals surface area contributed by atoms with Gasteiger partial charge in [0.2, 0.25) is 0 Å². The molecule has 1 aliphatic carbocycles. The summed E-state index contributed by atoms with van der Waals surface area (Å²) in [6.45, 7) is 4.28. The third-order valence-corrected chi connectivity index (χ3v) is 4.56. The van der Waals surface area contributed by atoms with Crippen LogP contribution in [-0.2, 0) is 22.3 Å². The molecule has 20 heavy (non-hydrogen) atoms. The Morgan fingerprint density at radius 1 is 1.45 bits per heavy atom. The fourth-order valence-corrected chi connectivity index (χ4v) is 3.79. The van der Waals surface area contributed by atoms with E-state index in [0.717, 1.165) is 24.8 Å². The molecule has 1 unspecified atom stereocenters. The minimum atomic E-state index is -0.567. The van der Waals surface area contributed by atoms with Crippen LogP contribution in [0.4, 0.5) is 9.80 Å². The first kappa shape index (κ1) is 14.8. The fourth-order valence-electron chi connectivity index (χ4n) is 2.40. The summed E-state index contributed by atoms with van der Waals surface area (Å²) in [7, 11) is 1.30. The number of hydrogen-bond donors (Lipinski definition) is 1. The minimum Gasteiger partial charge on any atom is -0.462 e. The summed E-state index contributed by atoms with van der Waals surface area (Å²) in [4.78, 5) is 24.7. The van der Waals surface area contributed by atoms with Crippen molar-refractivity contribution in [3.8, 4) is 0 Å². The summed E-state index contributed by atoms with van der Waals surface area (Å²) in [5.74, 6) is 0.230. The Balaban J connectivity index is 2.39. The second-order valence-corrected chi connectivity index (χ2v) is 6.00. The number of esters is 1. The molecule has 1 atom stereocenters. The van der Waals surface area contributed by atoms with Gasteiger partial charge in [-0.3, -0.25) is 5.32 Å². The number of amides is 1. The van der Waals surface area contributed by atoms with E-state index in [1.54, 1.807) is 6.92 Å². The number of anilines is 1. The standard InChI is InChI=1S/C14H19NO4S/c1-4-19-13(16)11-9-6-5-8(2)7-10(9)20-12(11)15-14(17)18-3/h8H,4-7H2,1-3H3,(H,15,17). The minimum absolute atomic E-state index is 0.317. The van der Waals surface area contributed by atoms with E-state index in [4.69, 9.17) is 4.74 Å². The highest BCUT2D eigenvalue weighted by atomic mass is 32.1. The molecule has 0 aliphatic heterocycles. The van der Waals surface area contributed by atoms with Crippen molar-refractivity contribution in [2.75, 3.05) is 19.0 Å². The lowest BCUT2D eigenvalue weighted by Gasteiger charge is -2.18.